The van der Waals surface area contributed by atoms with Crippen molar-refractivity contribution in [2.45, 2.75) is 13.5 Å². The molecule has 1 amide bonds. The molecule has 0 fully saturated rings. The number of carbonyl (C=O) groups is 1. The van der Waals surface area contributed by atoms with E-state index in [1.165, 1.54) is 24.3 Å². The molecule has 0 aliphatic heterocycles. The third-order valence-corrected chi connectivity index (χ3v) is 5.22. The van der Waals surface area contributed by atoms with Crippen LogP contribution in [0, 0.1) is 24.1 Å². The molecule has 0 saturated heterocycles. The van der Waals surface area contributed by atoms with E-state index in [4.69, 9.17) is 4.74 Å². The Morgan fingerprint density at radius 3 is 2.48 bits per heavy atom. The summed E-state index contributed by atoms with van der Waals surface area (Å²) in [6.07, 6.45) is 1.49. The number of benzene rings is 4. The summed E-state index contributed by atoms with van der Waals surface area (Å²) in [6, 6.07) is 27.2. The van der Waals surface area contributed by atoms with Gasteiger partial charge in [-0.15, -0.1) is 0 Å². The van der Waals surface area contributed by atoms with E-state index in [1.807, 2.05) is 73.7 Å². The highest BCUT2D eigenvalue weighted by atomic mass is 19.1. The van der Waals surface area contributed by atoms with Gasteiger partial charge in [0.1, 0.15) is 29.8 Å². The van der Waals surface area contributed by atoms with Crippen LogP contribution in [0.2, 0.25) is 0 Å². The third kappa shape index (κ3) is 5.08. The maximum absolute atomic E-state index is 14.0. The number of nitriles is 1. The highest BCUT2D eigenvalue weighted by Crippen LogP contribution is 2.31. The Hall–Kier alpha value is -4.43. The van der Waals surface area contributed by atoms with Crippen molar-refractivity contribution >= 4 is 28.4 Å². The van der Waals surface area contributed by atoms with Crippen LogP contribution in [0.1, 0.15) is 16.7 Å². The van der Waals surface area contributed by atoms with Gasteiger partial charge in [-0.25, -0.2) is 4.39 Å². The van der Waals surface area contributed by atoms with Crippen molar-refractivity contribution in [1.82, 2.24) is 0 Å². The average molecular weight is 436 g/mol. The van der Waals surface area contributed by atoms with Gasteiger partial charge in [-0.3, -0.25) is 4.79 Å². The smallest absolute Gasteiger partial charge is 0.266 e. The lowest BCUT2D eigenvalue weighted by Gasteiger charge is -2.13. The lowest BCUT2D eigenvalue weighted by Crippen LogP contribution is -2.14. The second kappa shape index (κ2) is 9.80. The summed E-state index contributed by atoms with van der Waals surface area (Å²) in [5, 5.41) is 13.9. The van der Waals surface area contributed by atoms with Crippen LogP contribution in [0.5, 0.6) is 5.75 Å². The Morgan fingerprint density at radius 1 is 1.00 bits per heavy atom. The molecule has 0 bridgehead atoms. The Labute approximate surface area is 191 Å². The molecule has 0 spiro atoms. The molecule has 0 saturated carbocycles. The van der Waals surface area contributed by atoms with Crippen molar-refractivity contribution < 1.29 is 13.9 Å². The Kier molecular flexibility index (Phi) is 6.47. The standard InChI is InChI=1S/C28H21FN2O2/c1-19-10-12-20(13-11-19)18-33-27-15-14-21-6-2-3-7-23(21)24(27)16-22(17-30)28(32)31-26-9-5-4-8-25(26)29/h2-16H,18H2,1H3,(H,31,32)/b22-16+. The molecule has 0 aromatic heterocycles. The number of hydrogen-bond acceptors (Lipinski definition) is 3. The number of nitrogens with one attached hydrogen (secondary N) is 1. The van der Waals surface area contributed by atoms with Gasteiger partial charge in [-0.2, -0.15) is 5.26 Å². The second-order valence-corrected chi connectivity index (χ2v) is 7.58. The monoisotopic (exact) mass is 436 g/mol. The molecule has 0 aliphatic rings. The van der Waals surface area contributed by atoms with Crippen LogP contribution in [-0.4, -0.2) is 5.91 Å². The number of aryl methyl sites for hydroxylation is 1. The molecular weight excluding hydrogens is 415 g/mol. The number of nitrogens with zero attached hydrogens (tertiary/aromatic N) is 1. The van der Waals surface area contributed by atoms with E-state index in [9.17, 15) is 14.4 Å². The minimum atomic E-state index is -0.694. The first-order valence-electron chi connectivity index (χ1n) is 10.4. The molecular formula is C28H21FN2O2. The van der Waals surface area contributed by atoms with E-state index in [1.54, 1.807) is 6.07 Å². The molecule has 4 nitrogen and oxygen atoms in total. The van der Waals surface area contributed by atoms with Crippen LogP contribution in [-0.2, 0) is 11.4 Å². The number of ether oxygens (including phenoxy) is 1. The quantitative estimate of drug-likeness (QED) is 0.281. The van der Waals surface area contributed by atoms with E-state index in [-0.39, 0.29) is 11.3 Å². The van der Waals surface area contributed by atoms with Gasteiger partial charge in [0.05, 0.1) is 5.69 Å². The highest BCUT2D eigenvalue weighted by Gasteiger charge is 2.15. The lowest BCUT2D eigenvalue weighted by atomic mass is 10.0. The van der Waals surface area contributed by atoms with Crippen LogP contribution >= 0.6 is 0 Å². The summed E-state index contributed by atoms with van der Waals surface area (Å²) in [5.41, 5.74) is 2.63. The number of para-hydroxylation sites is 1. The first kappa shape index (κ1) is 21.8. The second-order valence-electron chi connectivity index (χ2n) is 7.58. The van der Waals surface area contributed by atoms with Gasteiger partial charge in [-0.1, -0.05) is 72.3 Å². The largest absolute Gasteiger partial charge is 0.488 e. The zero-order valence-corrected chi connectivity index (χ0v) is 18.0. The fraction of sp³-hybridized carbons (Fsp3) is 0.0714. The fourth-order valence-electron chi connectivity index (χ4n) is 3.44. The van der Waals surface area contributed by atoms with Gasteiger partial charge in [0.15, 0.2) is 0 Å². The summed E-state index contributed by atoms with van der Waals surface area (Å²) < 4.78 is 20.1. The van der Waals surface area contributed by atoms with Gasteiger partial charge < -0.3 is 10.1 Å². The zero-order chi connectivity index (χ0) is 23.2. The first-order valence-corrected chi connectivity index (χ1v) is 10.4. The van der Waals surface area contributed by atoms with E-state index in [0.717, 1.165) is 21.9 Å². The van der Waals surface area contributed by atoms with Crippen molar-refractivity contribution in [2.75, 3.05) is 5.32 Å². The van der Waals surface area contributed by atoms with Crippen LogP contribution in [0.3, 0.4) is 0 Å². The Balaban J connectivity index is 1.70. The van der Waals surface area contributed by atoms with Gasteiger partial charge in [0, 0.05) is 5.56 Å². The van der Waals surface area contributed by atoms with Crippen LogP contribution in [0.4, 0.5) is 10.1 Å². The molecule has 5 heteroatoms. The third-order valence-electron chi connectivity index (χ3n) is 5.22. The van der Waals surface area contributed by atoms with Crippen LogP contribution in [0.25, 0.3) is 16.8 Å². The molecule has 4 aromatic rings. The predicted molar refractivity (Wildman–Crippen MR) is 128 cm³/mol. The summed E-state index contributed by atoms with van der Waals surface area (Å²) >= 11 is 0. The van der Waals surface area contributed by atoms with Crippen molar-refractivity contribution in [3.05, 3.63) is 113 Å². The summed E-state index contributed by atoms with van der Waals surface area (Å²) in [5.74, 6) is -0.726. The number of hydrogen-bond donors (Lipinski definition) is 1. The summed E-state index contributed by atoms with van der Waals surface area (Å²) in [4.78, 5) is 12.7. The number of carbonyl (C=O) groups excluding carboxylic acids is 1. The zero-order valence-electron chi connectivity index (χ0n) is 18.0. The normalized spacial score (nSPS) is 11.1. The Morgan fingerprint density at radius 2 is 1.73 bits per heavy atom. The topological polar surface area (TPSA) is 62.1 Å². The number of amides is 1. The van der Waals surface area contributed by atoms with E-state index in [2.05, 4.69) is 5.32 Å². The summed E-state index contributed by atoms with van der Waals surface area (Å²) in [7, 11) is 0. The van der Waals surface area contributed by atoms with Crippen molar-refractivity contribution in [3.63, 3.8) is 0 Å². The number of halogens is 1. The SMILES string of the molecule is Cc1ccc(COc2ccc3ccccc3c2/C=C(\C#N)C(=O)Nc2ccccc2F)cc1. The van der Waals surface area contributed by atoms with Gasteiger partial charge in [-0.05, 0) is 47.5 Å². The van der Waals surface area contributed by atoms with Gasteiger partial charge in [0.2, 0.25) is 0 Å². The summed E-state index contributed by atoms with van der Waals surface area (Å²) in [6.45, 7) is 2.36. The maximum Gasteiger partial charge on any atom is 0.266 e. The van der Waals surface area contributed by atoms with Crippen molar-refractivity contribution in [2.24, 2.45) is 0 Å². The van der Waals surface area contributed by atoms with E-state index < -0.39 is 11.7 Å². The molecule has 0 aliphatic carbocycles. The molecule has 0 heterocycles. The van der Waals surface area contributed by atoms with E-state index in [0.29, 0.717) is 17.9 Å². The average Bonchev–Trinajstić information content (AvgIpc) is 2.84. The minimum absolute atomic E-state index is 0.0115. The maximum atomic E-state index is 14.0. The molecule has 1 N–H and O–H groups in total. The molecule has 33 heavy (non-hydrogen) atoms. The minimum Gasteiger partial charge on any atom is -0.488 e. The van der Waals surface area contributed by atoms with Crippen molar-refractivity contribution in [1.29, 1.82) is 5.26 Å². The number of rotatable bonds is 6. The van der Waals surface area contributed by atoms with Crippen molar-refractivity contribution in [3.8, 4) is 11.8 Å². The van der Waals surface area contributed by atoms with Crippen LogP contribution in [0.15, 0.2) is 90.5 Å². The fourth-order valence-corrected chi connectivity index (χ4v) is 3.44. The number of anilines is 1. The molecule has 4 rings (SSSR count). The molecule has 0 unspecified atom stereocenters. The van der Waals surface area contributed by atoms with Gasteiger partial charge in [0.25, 0.3) is 5.91 Å². The molecule has 0 radical (unpaired) electrons. The predicted octanol–water partition coefficient (Wildman–Crippen LogP) is 6.41. The van der Waals surface area contributed by atoms with Gasteiger partial charge >= 0.3 is 0 Å². The van der Waals surface area contributed by atoms with E-state index >= 15 is 0 Å². The molecule has 4 aromatic carbocycles. The Bertz CT molecular complexity index is 1390. The molecule has 0 atom stereocenters. The number of fused-ring (bicyclic) bond motifs is 1. The highest BCUT2D eigenvalue weighted by molar-refractivity contribution is 6.11. The first-order chi connectivity index (χ1) is 16.0. The lowest BCUT2D eigenvalue weighted by molar-refractivity contribution is -0.112. The van der Waals surface area contributed by atoms with Crippen LogP contribution < -0.4 is 10.1 Å². The molecule has 162 valence electrons.